The molecule has 0 aromatic carbocycles. The Kier molecular flexibility index (Phi) is 3.57. The van der Waals surface area contributed by atoms with Crippen LogP contribution in [0, 0.1) is 6.92 Å². The zero-order valence-electron chi connectivity index (χ0n) is 7.80. The number of carboxylic acid groups (broad SMARTS) is 1. The first-order valence-corrected chi connectivity index (χ1v) is 4.58. The zero-order chi connectivity index (χ0) is 11.6. The molecule has 0 spiro atoms. The van der Waals surface area contributed by atoms with Gasteiger partial charge in [-0.15, -0.1) is 11.6 Å². The van der Waals surface area contributed by atoms with Gasteiger partial charge in [0.05, 0.1) is 5.56 Å². The Balaban J connectivity index is 3.44. The molecule has 1 rings (SSSR count). The molecule has 0 aliphatic carbocycles. The van der Waals surface area contributed by atoms with E-state index in [4.69, 9.17) is 16.7 Å². The minimum Gasteiger partial charge on any atom is -0.476 e. The molecule has 0 aliphatic heterocycles. The van der Waals surface area contributed by atoms with Crippen molar-refractivity contribution in [2.24, 2.45) is 0 Å². The number of pyridine rings is 1. The van der Waals surface area contributed by atoms with Gasteiger partial charge in [-0.25, -0.2) is 18.6 Å². The number of hydrogen-bond donors (Lipinski definition) is 1. The fourth-order valence-corrected chi connectivity index (χ4v) is 1.50. The number of rotatable bonds is 3. The van der Waals surface area contributed by atoms with Gasteiger partial charge in [-0.3, -0.25) is 0 Å². The van der Waals surface area contributed by atoms with E-state index in [1.54, 1.807) is 0 Å². The van der Waals surface area contributed by atoms with Crippen LogP contribution in [-0.4, -0.2) is 16.1 Å². The topological polar surface area (TPSA) is 50.2 Å². The second-order valence-electron chi connectivity index (χ2n) is 2.91. The predicted molar refractivity (Wildman–Crippen MR) is 50.4 cm³/mol. The molecule has 0 unspecified atom stereocenters. The van der Waals surface area contributed by atoms with Crippen LogP contribution in [-0.2, 0) is 5.88 Å². The van der Waals surface area contributed by atoms with Crippen LogP contribution in [0.25, 0.3) is 0 Å². The molecule has 1 aromatic heterocycles. The lowest BCUT2D eigenvalue weighted by atomic mass is 10.0. The standard InChI is InChI=1S/C9H8ClF2NO2/c1-4-5(2-10)3-13-7(9(14)15)6(4)8(11)12/h3,8H,2H2,1H3,(H,14,15). The molecule has 1 heterocycles. The Morgan fingerprint density at radius 2 is 2.27 bits per heavy atom. The van der Waals surface area contributed by atoms with Crippen LogP contribution in [0.5, 0.6) is 0 Å². The molecule has 15 heavy (non-hydrogen) atoms. The highest BCUT2D eigenvalue weighted by molar-refractivity contribution is 6.17. The number of aromatic nitrogens is 1. The van der Waals surface area contributed by atoms with Crippen LogP contribution in [0.3, 0.4) is 0 Å². The van der Waals surface area contributed by atoms with Crippen molar-refractivity contribution in [2.75, 3.05) is 0 Å². The van der Waals surface area contributed by atoms with Gasteiger partial charge in [-0.2, -0.15) is 0 Å². The smallest absolute Gasteiger partial charge is 0.354 e. The molecule has 82 valence electrons. The lowest BCUT2D eigenvalue weighted by molar-refractivity contribution is 0.0676. The maximum Gasteiger partial charge on any atom is 0.354 e. The first kappa shape index (κ1) is 11.8. The van der Waals surface area contributed by atoms with Gasteiger partial charge in [0.1, 0.15) is 0 Å². The fourth-order valence-electron chi connectivity index (χ4n) is 1.23. The highest BCUT2D eigenvalue weighted by Gasteiger charge is 2.23. The SMILES string of the molecule is Cc1c(CCl)cnc(C(=O)O)c1C(F)F. The van der Waals surface area contributed by atoms with Crippen LogP contribution >= 0.6 is 11.6 Å². The van der Waals surface area contributed by atoms with Crippen LogP contribution in [0.2, 0.25) is 0 Å². The van der Waals surface area contributed by atoms with Gasteiger partial charge in [0, 0.05) is 12.1 Å². The average molecular weight is 236 g/mol. The van der Waals surface area contributed by atoms with E-state index in [1.807, 2.05) is 0 Å². The summed E-state index contributed by atoms with van der Waals surface area (Å²) in [5.74, 6) is -1.44. The maximum absolute atomic E-state index is 12.6. The molecule has 0 saturated carbocycles. The third kappa shape index (κ3) is 2.23. The molecule has 1 aromatic rings. The van der Waals surface area contributed by atoms with Crippen LogP contribution in [0.4, 0.5) is 8.78 Å². The molecule has 6 heteroatoms. The Labute approximate surface area is 89.7 Å². The van der Waals surface area contributed by atoms with E-state index in [0.29, 0.717) is 5.56 Å². The minimum absolute atomic E-state index is 0.0262. The summed E-state index contributed by atoms with van der Waals surface area (Å²) in [6.45, 7) is 1.41. The fraction of sp³-hybridized carbons (Fsp3) is 0.333. The number of carboxylic acids is 1. The van der Waals surface area contributed by atoms with Gasteiger partial charge in [0.2, 0.25) is 0 Å². The van der Waals surface area contributed by atoms with Gasteiger partial charge in [0.15, 0.2) is 5.69 Å². The van der Waals surface area contributed by atoms with Crippen molar-refractivity contribution in [2.45, 2.75) is 19.2 Å². The second kappa shape index (κ2) is 4.53. The molecule has 3 nitrogen and oxygen atoms in total. The van der Waals surface area contributed by atoms with Crippen molar-refractivity contribution >= 4 is 17.6 Å². The Bertz CT molecular complexity index is 396. The van der Waals surface area contributed by atoms with Gasteiger partial charge >= 0.3 is 5.97 Å². The molecular weight excluding hydrogens is 228 g/mol. The highest BCUT2D eigenvalue weighted by Crippen LogP contribution is 2.27. The third-order valence-corrected chi connectivity index (χ3v) is 2.34. The van der Waals surface area contributed by atoms with Crippen LogP contribution in [0.15, 0.2) is 6.20 Å². The molecule has 0 atom stereocenters. The lowest BCUT2D eigenvalue weighted by Gasteiger charge is -2.10. The monoisotopic (exact) mass is 235 g/mol. The van der Waals surface area contributed by atoms with Gasteiger partial charge in [-0.05, 0) is 18.1 Å². The summed E-state index contributed by atoms with van der Waals surface area (Å²) >= 11 is 5.51. The Hall–Kier alpha value is -1.23. The van der Waals surface area contributed by atoms with E-state index in [2.05, 4.69) is 4.98 Å². The summed E-state index contributed by atoms with van der Waals surface area (Å²) < 4.78 is 25.2. The van der Waals surface area contributed by atoms with Crippen molar-refractivity contribution in [3.8, 4) is 0 Å². The largest absolute Gasteiger partial charge is 0.476 e. The molecular formula is C9H8ClF2NO2. The predicted octanol–water partition coefficient (Wildman–Crippen LogP) is 2.76. The van der Waals surface area contributed by atoms with Crippen molar-refractivity contribution in [3.63, 3.8) is 0 Å². The summed E-state index contributed by atoms with van der Waals surface area (Å²) in [4.78, 5) is 14.1. The van der Waals surface area contributed by atoms with E-state index < -0.39 is 23.7 Å². The lowest BCUT2D eigenvalue weighted by Crippen LogP contribution is -2.09. The number of alkyl halides is 3. The van der Waals surface area contributed by atoms with E-state index >= 15 is 0 Å². The summed E-state index contributed by atoms with van der Waals surface area (Å²) in [7, 11) is 0. The van der Waals surface area contributed by atoms with Gasteiger partial charge in [-0.1, -0.05) is 0 Å². The maximum atomic E-state index is 12.6. The number of halogens is 3. The van der Waals surface area contributed by atoms with Gasteiger partial charge < -0.3 is 5.11 Å². The van der Waals surface area contributed by atoms with Crippen molar-refractivity contribution in [1.29, 1.82) is 0 Å². The Morgan fingerprint density at radius 1 is 1.67 bits per heavy atom. The quantitative estimate of drug-likeness (QED) is 0.820. The zero-order valence-corrected chi connectivity index (χ0v) is 8.55. The average Bonchev–Trinajstić information content (AvgIpc) is 2.16. The summed E-state index contributed by atoms with van der Waals surface area (Å²) in [6, 6.07) is 0. The number of aromatic carboxylic acids is 1. The normalized spacial score (nSPS) is 10.7. The van der Waals surface area contributed by atoms with E-state index in [0.717, 1.165) is 0 Å². The van der Waals surface area contributed by atoms with Crippen molar-refractivity contribution in [1.82, 2.24) is 4.98 Å². The minimum atomic E-state index is -2.87. The molecule has 0 saturated heterocycles. The molecule has 0 radical (unpaired) electrons. The highest BCUT2D eigenvalue weighted by atomic mass is 35.5. The third-order valence-electron chi connectivity index (χ3n) is 2.06. The van der Waals surface area contributed by atoms with Crippen molar-refractivity contribution in [3.05, 3.63) is 28.6 Å². The van der Waals surface area contributed by atoms with E-state index in [9.17, 15) is 13.6 Å². The van der Waals surface area contributed by atoms with Crippen molar-refractivity contribution < 1.29 is 18.7 Å². The summed E-state index contributed by atoms with van der Waals surface area (Å²) in [6.07, 6.45) is -1.66. The number of hydrogen-bond acceptors (Lipinski definition) is 2. The van der Waals surface area contributed by atoms with Gasteiger partial charge in [0.25, 0.3) is 6.43 Å². The first-order chi connectivity index (χ1) is 6.99. The molecule has 0 bridgehead atoms. The van der Waals surface area contributed by atoms with Crippen LogP contribution in [0.1, 0.15) is 33.6 Å². The molecule has 1 N–H and O–H groups in total. The molecule has 0 fully saturated rings. The Morgan fingerprint density at radius 3 is 2.67 bits per heavy atom. The summed E-state index contributed by atoms with van der Waals surface area (Å²) in [5.41, 5.74) is -0.568. The van der Waals surface area contributed by atoms with E-state index in [1.165, 1.54) is 13.1 Å². The molecule has 0 aliphatic rings. The second-order valence-corrected chi connectivity index (χ2v) is 3.18. The number of carbonyl (C=O) groups is 1. The summed E-state index contributed by atoms with van der Waals surface area (Å²) in [5, 5.41) is 8.67. The van der Waals surface area contributed by atoms with Crippen LogP contribution < -0.4 is 0 Å². The molecule has 0 amide bonds. The number of nitrogens with zero attached hydrogens (tertiary/aromatic N) is 1. The first-order valence-electron chi connectivity index (χ1n) is 4.04. The van der Waals surface area contributed by atoms with E-state index in [-0.39, 0.29) is 11.4 Å².